The van der Waals surface area contributed by atoms with Gasteiger partial charge in [0.2, 0.25) is 5.91 Å². The minimum absolute atomic E-state index is 0.108. The van der Waals surface area contributed by atoms with E-state index >= 15 is 8.78 Å². The molecule has 1 atom stereocenters. The van der Waals surface area contributed by atoms with Crippen molar-refractivity contribution in [1.82, 2.24) is 5.32 Å². The SMILES string of the molecule is CP(C)c1ccccc1-c1ccc(N2CCCC(NC(=O)Nc3ccc(Cl)cc3F)C2=O)c(F)c1F. The summed E-state index contributed by atoms with van der Waals surface area (Å²) < 4.78 is 44.5. The van der Waals surface area contributed by atoms with Crippen LogP contribution >= 0.6 is 19.5 Å². The second kappa shape index (κ2) is 10.9. The molecule has 4 rings (SSSR count). The molecule has 5 nitrogen and oxygen atoms in total. The molecule has 0 saturated carbocycles. The molecule has 0 aromatic heterocycles. The summed E-state index contributed by atoms with van der Waals surface area (Å²) in [6, 6.07) is 12.1. The first-order valence-electron chi connectivity index (χ1n) is 11.3. The van der Waals surface area contributed by atoms with Crippen LogP contribution in [0.25, 0.3) is 11.1 Å². The van der Waals surface area contributed by atoms with Gasteiger partial charge in [0.25, 0.3) is 0 Å². The van der Waals surface area contributed by atoms with Gasteiger partial charge in [-0.1, -0.05) is 43.8 Å². The Hall–Kier alpha value is -3.09. The first kappa shape index (κ1) is 26.0. The van der Waals surface area contributed by atoms with Crippen LogP contribution in [-0.2, 0) is 4.79 Å². The molecular formula is C26H24ClF3N3O2P. The van der Waals surface area contributed by atoms with E-state index in [1.54, 1.807) is 12.1 Å². The third-order valence-electron chi connectivity index (χ3n) is 5.95. The van der Waals surface area contributed by atoms with Crippen LogP contribution in [0.3, 0.4) is 0 Å². The van der Waals surface area contributed by atoms with Crippen molar-refractivity contribution in [2.45, 2.75) is 18.9 Å². The summed E-state index contributed by atoms with van der Waals surface area (Å²) >= 11 is 5.72. The number of nitrogens with zero attached hydrogens (tertiary/aromatic N) is 1. The van der Waals surface area contributed by atoms with Gasteiger partial charge in [0.15, 0.2) is 11.6 Å². The number of amides is 3. The van der Waals surface area contributed by atoms with Crippen LogP contribution in [0.4, 0.5) is 29.3 Å². The zero-order chi connectivity index (χ0) is 26.0. The fourth-order valence-electron chi connectivity index (χ4n) is 4.20. The third-order valence-corrected chi connectivity index (χ3v) is 7.54. The van der Waals surface area contributed by atoms with Crippen molar-refractivity contribution in [1.29, 1.82) is 0 Å². The molecule has 1 aliphatic heterocycles. The van der Waals surface area contributed by atoms with E-state index in [4.69, 9.17) is 11.6 Å². The Bertz CT molecular complexity index is 1320. The fourth-order valence-corrected chi connectivity index (χ4v) is 5.42. The van der Waals surface area contributed by atoms with Gasteiger partial charge in [-0.2, -0.15) is 0 Å². The molecule has 1 heterocycles. The molecule has 2 N–H and O–H groups in total. The summed E-state index contributed by atoms with van der Waals surface area (Å²) in [5.41, 5.74) is 0.451. The van der Waals surface area contributed by atoms with E-state index in [0.29, 0.717) is 18.4 Å². The number of hydrogen-bond donors (Lipinski definition) is 2. The number of carbonyl (C=O) groups excluding carboxylic acids is 2. The highest BCUT2D eigenvalue weighted by molar-refractivity contribution is 7.64. The first-order chi connectivity index (χ1) is 17.2. The molecular weight excluding hydrogens is 510 g/mol. The lowest BCUT2D eigenvalue weighted by atomic mass is 10.0. The van der Waals surface area contributed by atoms with Gasteiger partial charge in [-0.15, -0.1) is 0 Å². The Labute approximate surface area is 213 Å². The van der Waals surface area contributed by atoms with Gasteiger partial charge in [-0.05, 0) is 67.4 Å². The molecule has 188 valence electrons. The van der Waals surface area contributed by atoms with Gasteiger partial charge in [0.05, 0.1) is 11.4 Å². The minimum Gasteiger partial charge on any atom is -0.326 e. The second-order valence-corrected chi connectivity index (χ2v) is 11.3. The number of nitrogens with one attached hydrogen (secondary N) is 2. The first-order valence-corrected chi connectivity index (χ1v) is 13.9. The largest absolute Gasteiger partial charge is 0.326 e. The van der Waals surface area contributed by atoms with Crippen LogP contribution in [0.15, 0.2) is 54.6 Å². The average molecular weight is 534 g/mol. The normalized spacial score (nSPS) is 15.8. The van der Waals surface area contributed by atoms with Crippen molar-refractivity contribution in [3.05, 3.63) is 77.1 Å². The summed E-state index contributed by atoms with van der Waals surface area (Å²) in [7, 11) is -0.556. The summed E-state index contributed by atoms with van der Waals surface area (Å²) in [5, 5.41) is 5.94. The van der Waals surface area contributed by atoms with Crippen LogP contribution in [0, 0.1) is 17.5 Å². The predicted molar refractivity (Wildman–Crippen MR) is 139 cm³/mol. The molecule has 1 fully saturated rings. The van der Waals surface area contributed by atoms with Gasteiger partial charge in [0, 0.05) is 17.1 Å². The number of urea groups is 1. The lowest BCUT2D eigenvalue weighted by Gasteiger charge is -2.33. The van der Waals surface area contributed by atoms with Gasteiger partial charge < -0.3 is 15.5 Å². The Morgan fingerprint density at radius 2 is 1.78 bits per heavy atom. The third kappa shape index (κ3) is 5.35. The standard InChI is InChI=1S/C26H24ClF3N3O2P/c1-36(2)22-8-4-3-6-16(22)17-10-12-21(24(30)23(17)29)33-13-5-7-20(25(33)34)32-26(35)31-19-11-9-15(27)14-18(19)28/h3-4,6,8-12,14,20H,5,7,13H2,1-2H3,(H2,31,32,35). The molecule has 1 saturated heterocycles. The zero-order valence-corrected chi connectivity index (χ0v) is 21.3. The van der Waals surface area contributed by atoms with Crippen molar-refractivity contribution < 1.29 is 22.8 Å². The lowest BCUT2D eigenvalue weighted by Crippen LogP contribution is -2.53. The predicted octanol–water partition coefficient (Wildman–Crippen LogP) is 6.11. The van der Waals surface area contributed by atoms with Crippen molar-refractivity contribution in [3.63, 3.8) is 0 Å². The van der Waals surface area contributed by atoms with Gasteiger partial charge in [-0.3, -0.25) is 4.79 Å². The monoisotopic (exact) mass is 533 g/mol. The van der Waals surface area contributed by atoms with Gasteiger partial charge >= 0.3 is 6.03 Å². The van der Waals surface area contributed by atoms with E-state index in [0.717, 1.165) is 16.3 Å². The number of rotatable bonds is 5. The maximum absolute atomic E-state index is 15.3. The molecule has 0 spiro atoms. The smallest absolute Gasteiger partial charge is 0.319 e. The van der Waals surface area contributed by atoms with E-state index in [9.17, 15) is 14.0 Å². The average Bonchev–Trinajstić information content (AvgIpc) is 2.84. The van der Waals surface area contributed by atoms with Gasteiger partial charge in [0.1, 0.15) is 11.9 Å². The Morgan fingerprint density at radius 1 is 1.03 bits per heavy atom. The number of halogens is 4. The van der Waals surface area contributed by atoms with Crippen molar-refractivity contribution >= 4 is 48.1 Å². The molecule has 0 bridgehead atoms. The molecule has 3 amide bonds. The summed E-state index contributed by atoms with van der Waals surface area (Å²) in [6.07, 6.45) is 0.756. The Balaban J connectivity index is 1.54. The molecule has 1 aliphatic rings. The number of carbonyl (C=O) groups is 2. The second-order valence-electron chi connectivity index (χ2n) is 8.58. The Kier molecular flexibility index (Phi) is 7.86. The summed E-state index contributed by atoms with van der Waals surface area (Å²) in [5.74, 6) is -3.46. The highest BCUT2D eigenvalue weighted by atomic mass is 35.5. The van der Waals surface area contributed by atoms with Crippen LogP contribution in [-0.4, -0.2) is 37.9 Å². The zero-order valence-electron chi connectivity index (χ0n) is 19.6. The number of piperidine rings is 1. The van der Waals surface area contributed by atoms with Crippen LogP contribution in [0.2, 0.25) is 5.02 Å². The number of anilines is 2. The molecule has 1 unspecified atom stereocenters. The van der Waals surface area contributed by atoms with E-state index in [1.165, 1.54) is 24.3 Å². The molecule has 36 heavy (non-hydrogen) atoms. The lowest BCUT2D eigenvalue weighted by molar-refractivity contribution is -0.121. The maximum atomic E-state index is 15.3. The molecule has 10 heteroatoms. The Morgan fingerprint density at radius 3 is 2.50 bits per heavy atom. The minimum atomic E-state index is -1.12. The van der Waals surface area contributed by atoms with E-state index in [1.807, 2.05) is 25.5 Å². The number of hydrogen-bond acceptors (Lipinski definition) is 2. The molecule has 3 aromatic carbocycles. The summed E-state index contributed by atoms with van der Waals surface area (Å²) in [6.45, 7) is 4.24. The highest BCUT2D eigenvalue weighted by Crippen LogP contribution is 2.35. The van der Waals surface area contributed by atoms with Crippen LogP contribution in [0.1, 0.15) is 12.8 Å². The maximum Gasteiger partial charge on any atom is 0.319 e. The molecule has 3 aromatic rings. The van der Waals surface area contributed by atoms with E-state index in [-0.39, 0.29) is 28.5 Å². The highest BCUT2D eigenvalue weighted by Gasteiger charge is 2.33. The van der Waals surface area contributed by atoms with Crippen LogP contribution < -0.4 is 20.8 Å². The summed E-state index contributed by atoms with van der Waals surface area (Å²) in [4.78, 5) is 26.6. The quantitative estimate of drug-likeness (QED) is 0.389. The van der Waals surface area contributed by atoms with Gasteiger partial charge in [-0.25, -0.2) is 18.0 Å². The van der Waals surface area contributed by atoms with Crippen LogP contribution in [0.5, 0.6) is 0 Å². The van der Waals surface area contributed by atoms with Crippen molar-refractivity contribution in [2.24, 2.45) is 0 Å². The topological polar surface area (TPSA) is 61.4 Å². The van der Waals surface area contributed by atoms with E-state index < -0.39 is 43.4 Å². The van der Waals surface area contributed by atoms with Crippen molar-refractivity contribution in [2.75, 3.05) is 30.1 Å². The molecule has 0 radical (unpaired) electrons. The van der Waals surface area contributed by atoms with Crippen molar-refractivity contribution in [3.8, 4) is 11.1 Å². The fraction of sp³-hybridized carbons (Fsp3) is 0.231. The number of benzene rings is 3. The van der Waals surface area contributed by atoms with E-state index in [2.05, 4.69) is 10.6 Å². The molecule has 0 aliphatic carbocycles.